The summed E-state index contributed by atoms with van der Waals surface area (Å²) in [5.41, 5.74) is 0. The van der Waals surface area contributed by atoms with Crippen molar-refractivity contribution in [2.45, 2.75) is 44.4 Å². The van der Waals surface area contributed by atoms with Gasteiger partial charge in [-0.15, -0.1) is 0 Å². The Labute approximate surface area is 71.6 Å². The van der Waals surface area contributed by atoms with Gasteiger partial charge >= 0.3 is 0 Å². The van der Waals surface area contributed by atoms with Crippen molar-refractivity contribution in [3.63, 3.8) is 0 Å². The van der Waals surface area contributed by atoms with Crippen molar-refractivity contribution in [1.29, 1.82) is 0 Å². The minimum Gasteiger partial charge on any atom is -0.390 e. The molecule has 0 aromatic heterocycles. The highest BCUT2D eigenvalue weighted by molar-refractivity contribution is 5.73. The first-order valence-electron chi connectivity index (χ1n) is 4.24. The summed E-state index contributed by atoms with van der Waals surface area (Å²) in [7, 11) is 0. The highest BCUT2D eigenvalue weighted by atomic mass is 16.3. The van der Waals surface area contributed by atoms with Crippen LogP contribution in [0.15, 0.2) is 0 Å². The van der Waals surface area contributed by atoms with Crippen LogP contribution in [0, 0.1) is 0 Å². The number of hydrogen-bond donors (Lipinski definition) is 3. The van der Waals surface area contributed by atoms with E-state index in [1.807, 2.05) is 0 Å². The summed E-state index contributed by atoms with van der Waals surface area (Å²) in [6, 6.07) is -0.272. The monoisotopic (exact) mass is 173 g/mol. The van der Waals surface area contributed by atoms with E-state index in [-0.39, 0.29) is 11.9 Å². The topological polar surface area (TPSA) is 69.6 Å². The van der Waals surface area contributed by atoms with Crippen LogP contribution in [-0.2, 0) is 4.79 Å². The Hall–Kier alpha value is -0.610. The van der Waals surface area contributed by atoms with E-state index in [2.05, 4.69) is 5.32 Å². The molecule has 0 unspecified atom stereocenters. The summed E-state index contributed by atoms with van der Waals surface area (Å²) in [4.78, 5) is 10.7. The average Bonchev–Trinajstić information content (AvgIpc) is 1.98. The van der Waals surface area contributed by atoms with E-state index >= 15 is 0 Å². The molecule has 0 aromatic carbocycles. The number of carbonyl (C=O) groups excluding carboxylic acids is 1. The highest BCUT2D eigenvalue weighted by Crippen LogP contribution is 2.18. The Morgan fingerprint density at radius 3 is 2.67 bits per heavy atom. The molecule has 3 atom stereocenters. The van der Waals surface area contributed by atoms with Gasteiger partial charge in [0.05, 0.1) is 18.2 Å². The zero-order chi connectivity index (χ0) is 9.14. The smallest absolute Gasteiger partial charge is 0.217 e. The second-order valence-electron chi connectivity index (χ2n) is 3.30. The van der Waals surface area contributed by atoms with E-state index in [1.54, 1.807) is 0 Å². The molecule has 1 saturated carbocycles. The molecular weight excluding hydrogens is 158 g/mol. The molecule has 0 bridgehead atoms. The first kappa shape index (κ1) is 9.48. The number of aliphatic hydroxyl groups is 2. The van der Waals surface area contributed by atoms with Gasteiger partial charge in [-0.25, -0.2) is 0 Å². The third kappa shape index (κ3) is 2.19. The molecule has 0 heterocycles. The molecule has 12 heavy (non-hydrogen) atoms. The standard InChI is InChI=1S/C8H15NO3/c1-5(10)9-6-3-2-4-7(11)8(6)12/h6-8,11-12H,2-4H2,1H3,(H,9,10)/t6-,7-,8+/m0/s1. The molecular formula is C8H15NO3. The predicted molar refractivity (Wildman–Crippen MR) is 43.5 cm³/mol. The summed E-state index contributed by atoms with van der Waals surface area (Å²) in [5, 5.41) is 21.3. The van der Waals surface area contributed by atoms with Crippen molar-refractivity contribution in [3.05, 3.63) is 0 Å². The zero-order valence-corrected chi connectivity index (χ0v) is 7.16. The number of hydrogen-bond acceptors (Lipinski definition) is 3. The first-order chi connectivity index (χ1) is 5.61. The molecule has 1 aliphatic carbocycles. The molecule has 0 aromatic rings. The van der Waals surface area contributed by atoms with Crippen molar-refractivity contribution in [2.75, 3.05) is 0 Å². The largest absolute Gasteiger partial charge is 0.390 e. The van der Waals surface area contributed by atoms with Crippen LogP contribution in [0.5, 0.6) is 0 Å². The second-order valence-corrected chi connectivity index (χ2v) is 3.30. The SMILES string of the molecule is CC(=O)N[C@H]1CCC[C@H](O)[C@@H]1O. The molecule has 0 spiro atoms. The number of rotatable bonds is 1. The highest BCUT2D eigenvalue weighted by Gasteiger charge is 2.30. The predicted octanol–water partition coefficient (Wildman–Crippen LogP) is -0.603. The van der Waals surface area contributed by atoms with Crippen LogP contribution in [0.2, 0.25) is 0 Å². The maximum absolute atomic E-state index is 10.7. The molecule has 1 rings (SSSR count). The molecule has 1 aliphatic rings. The summed E-state index contributed by atoms with van der Waals surface area (Å²) >= 11 is 0. The summed E-state index contributed by atoms with van der Waals surface area (Å²) in [5.74, 6) is -0.159. The molecule has 0 aliphatic heterocycles. The van der Waals surface area contributed by atoms with Crippen molar-refractivity contribution >= 4 is 5.91 Å². The van der Waals surface area contributed by atoms with Gasteiger partial charge in [0.15, 0.2) is 0 Å². The molecule has 70 valence electrons. The van der Waals surface area contributed by atoms with Gasteiger partial charge in [0, 0.05) is 6.92 Å². The van der Waals surface area contributed by atoms with Gasteiger partial charge in [-0.2, -0.15) is 0 Å². The van der Waals surface area contributed by atoms with Gasteiger partial charge in [-0.1, -0.05) is 0 Å². The van der Waals surface area contributed by atoms with Crippen LogP contribution >= 0.6 is 0 Å². The first-order valence-corrected chi connectivity index (χ1v) is 4.24. The number of aliphatic hydroxyl groups excluding tert-OH is 2. The number of nitrogens with one attached hydrogen (secondary N) is 1. The average molecular weight is 173 g/mol. The molecule has 3 N–H and O–H groups in total. The fourth-order valence-corrected chi connectivity index (χ4v) is 1.58. The molecule has 4 nitrogen and oxygen atoms in total. The maximum atomic E-state index is 10.7. The van der Waals surface area contributed by atoms with Crippen molar-refractivity contribution in [2.24, 2.45) is 0 Å². The number of amides is 1. The van der Waals surface area contributed by atoms with Crippen LogP contribution in [0.4, 0.5) is 0 Å². The van der Waals surface area contributed by atoms with E-state index in [0.717, 1.165) is 12.8 Å². The van der Waals surface area contributed by atoms with E-state index in [4.69, 9.17) is 0 Å². The Bertz CT molecular complexity index is 172. The van der Waals surface area contributed by atoms with Crippen molar-refractivity contribution < 1.29 is 15.0 Å². The lowest BCUT2D eigenvalue weighted by atomic mass is 9.90. The second kappa shape index (κ2) is 3.87. The van der Waals surface area contributed by atoms with Gasteiger partial charge in [0.25, 0.3) is 0 Å². The third-order valence-electron chi connectivity index (χ3n) is 2.21. The molecule has 0 saturated heterocycles. The van der Waals surface area contributed by atoms with E-state index in [0.29, 0.717) is 6.42 Å². The van der Waals surface area contributed by atoms with Gasteiger partial charge in [-0.05, 0) is 19.3 Å². The normalized spacial score (nSPS) is 36.1. The van der Waals surface area contributed by atoms with Crippen molar-refractivity contribution in [1.82, 2.24) is 5.32 Å². The Kier molecular flexibility index (Phi) is 3.05. The lowest BCUT2D eigenvalue weighted by Gasteiger charge is -2.31. The van der Waals surface area contributed by atoms with Crippen LogP contribution in [0.25, 0.3) is 0 Å². The summed E-state index contributed by atoms with van der Waals surface area (Å²) < 4.78 is 0. The van der Waals surface area contributed by atoms with E-state index < -0.39 is 12.2 Å². The minimum atomic E-state index is -0.803. The number of carbonyl (C=O) groups is 1. The molecule has 1 amide bonds. The lowest BCUT2D eigenvalue weighted by Crippen LogP contribution is -2.50. The molecule has 4 heteroatoms. The van der Waals surface area contributed by atoms with E-state index in [1.165, 1.54) is 6.92 Å². The van der Waals surface area contributed by atoms with Crippen LogP contribution in [0.3, 0.4) is 0 Å². The van der Waals surface area contributed by atoms with Gasteiger partial charge in [0.1, 0.15) is 0 Å². The Morgan fingerprint density at radius 2 is 2.08 bits per heavy atom. The van der Waals surface area contributed by atoms with Gasteiger partial charge in [0.2, 0.25) is 5.91 Å². The van der Waals surface area contributed by atoms with Crippen molar-refractivity contribution in [3.8, 4) is 0 Å². The van der Waals surface area contributed by atoms with Gasteiger partial charge in [-0.3, -0.25) is 4.79 Å². The van der Waals surface area contributed by atoms with Crippen LogP contribution < -0.4 is 5.32 Å². The third-order valence-corrected chi connectivity index (χ3v) is 2.21. The Balaban J connectivity index is 2.46. The van der Waals surface area contributed by atoms with Crippen LogP contribution in [-0.4, -0.2) is 34.4 Å². The van der Waals surface area contributed by atoms with Crippen LogP contribution in [0.1, 0.15) is 26.2 Å². The molecule has 1 fully saturated rings. The minimum absolute atomic E-state index is 0.159. The fourth-order valence-electron chi connectivity index (χ4n) is 1.58. The fraction of sp³-hybridized carbons (Fsp3) is 0.875. The molecule has 0 radical (unpaired) electrons. The van der Waals surface area contributed by atoms with E-state index in [9.17, 15) is 15.0 Å². The Morgan fingerprint density at radius 1 is 1.42 bits per heavy atom. The maximum Gasteiger partial charge on any atom is 0.217 e. The quantitative estimate of drug-likeness (QED) is 0.496. The van der Waals surface area contributed by atoms with Gasteiger partial charge < -0.3 is 15.5 Å². The summed E-state index contributed by atoms with van der Waals surface area (Å²) in [6.45, 7) is 1.41. The lowest BCUT2D eigenvalue weighted by molar-refractivity contribution is -0.122. The summed E-state index contributed by atoms with van der Waals surface area (Å²) in [6.07, 6.45) is 0.733. The zero-order valence-electron chi connectivity index (χ0n) is 7.16.